The summed E-state index contributed by atoms with van der Waals surface area (Å²) in [6.45, 7) is 2.00. The zero-order chi connectivity index (χ0) is 10.3. The Hall–Kier alpha value is -1.06. The molecule has 0 aliphatic heterocycles. The Labute approximate surface area is 82.7 Å². The van der Waals surface area contributed by atoms with E-state index in [0.717, 1.165) is 19.3 Å². The number of rotatable bonds is 3. The molecule has 2 N–H and O–H groups in total. The first-order chi connectivity index (χ1) is 6.52. The Balaban J connectivity index is 1.89. The molecule has 2 aliphatic rings. The van der Waals surface area contributed by atoms with Crippen molar-refractivity contribution in [1.82, 2.24) is 5.32 Å². The van der Waals surface area contributed by atoms with Crippen LogP contribution in [0.4, 0.5) is 0 Å². The molecule has 0 aromatic heterocycles. The van der Waals surface area contributed by atoms with E-state index in [1.165, 1.54) is 0 Å². The number of hydrogen-bond donors (Lipinski definition) is 2. The highest BCUT2D eigenvalue weighted by atomic mass is 16.4. The maximum absolute atomic E-state index is 11.6. The normalized spacial score (nSPS) is 32.9. The van der Waals surface area contributed by atoms with Crippen LogP contribution in [0.2, 0.25) is 0 Å². The standard InChI is InChI=1S/C10H15NO3/c1-10(4-5-10)11-8(12)6-2-3-7(6)9(13)14/h6-7H,2-5H2,1H3,(H,11,12)(H,13,14)/t6-,7+/m1/s1. The number of amides is 1. The Morgan fingerprint density at radius 2 is 1.86 bits per heavy atom. The molecule has 0 saturated heterocycles. The van der Waals surface area contributed by atoms with Gasteiger partial charge in [-0.2, -0.15) is 0 Å². The molecule has 2 rings (SSSR count). The third-order valence-corrected chi connectivity index (χ3v) is 3.35. The van der Waals surface area contributed by atoms with Gasteiger partial charge in [0.1, 0.15) is 0 Å². The highest BCUT2D eigenvalue weighted by Crippen LogP contribution is 2.38. The molecule has 0 radical (unpaired) electrons. The highest BCUT2D eigenvalue weighted by molar-refractivity contribution is 5.86. The van der Waals surface area contributed by atoms with Gasteiger partial charge in [-0.05, 0) is 32.6 Å². The fourth-order valence-electron chi connectivity index (χ4n) is 1.81. The molecule has 14 heavy (non-hydrogen) atoms. The average molecular weight is 197 g/mol. The molecule has 4 nitrogen and oxygen atoms in total. The predicted octanol–water partition coefficient (Wildman–Crippen LogP) is 0.766. The third-order valence-electron chi connectivity index (χ3n) is 3.35. The molecule has 4 heteroatoms. The summed E-state index contributed by atoms with van der Waals surface area (Å²) in [6.07, 6.45) is 3.40. The van der Waals surface area contributed by atoms with E-state index in [4.69, 9.17) is 5.11 Å². The van der Waals surface area contributed by atoms with Crippen molar-refractivity contribution >= 4 is 11.9 Å². The van der Waals surface area contributed by atoms with Gasteiger partial charge in [-0.15, -0.1) is 0 Å². The summed E-state index contributed by atoms with van der Waals surface area (Å²) in [5.74, 6) is -1.64. The number of carboxylic acid groups (broad SMARTS) is 1. The number of hydrogen-bond acceptors (Lipinski definition) is 2. The molecule has 0 heterocycles. The highest BCUT2D eigenvalue weighted by Gasteiger charge is 2.45. The summed E-state index contributed by atoms with van der Waals surface area (Å²) in [7, 11) is 0. The van der Waals surface area contributed by atoms with Gasteiger partial charge < -0.3 is 10.4 Å². The number of carboxylic acids is 1. The second kappa shape index (κ2) is 2.97. The zero-order valence-electron chi connectivity index (χ0n) is 8.25. The van der Waals surface area contributed by atoms with Gasteiger partial charge in [0.15, 0.2) is 0 Å². The number of aliphatic carboxylic acids is 1. The summed E-state index contributed by atoms with van der Waals surface area (Å²) in [4.78, 5) is 22.3. The first-order valence-electron chi connectivity index (χ1n) is 5.07. The van der Waals surface area contributed by atoms with Crippen molar-refractivity contribution in [2.24, 2.45) is 11.8 Å². The van der Waals surface area contributed by atoms with E-state index >= 15 is 0 Å². The number of nitrogens with one attached hydrogen (secondary N) is 1. The van der Waals surface area contributed by atoms with Crippen LogP contribution in [-0.2, 0) is 9.59 Å². The Morgan fingerprint density at radius 1 is 1.29 bits per heavy atom. The molecule has 0 unspecified atom stereocenters. The van der Waals surface area contributed by atoms with Gasteiger partial charge in [0.2, 0.25) is 5.91 Å². The van der Waals surface area contributed by atoms with Crippen molar-refractivity contribution in [3.63, 3.8) is 0 Å². The molecule has 0 spiro atoms. The summed E-state index contributed by atoms with van der Waals surface area (Å²) in [6, 6.07) is 0. The van der Waals surface area contributed by atoms with Crippen molar-refractivity contribution in [2.45, 2.75) is 38.1 Å². The van der Waals surface area contributed by atoms with Crippen LogP contribution in [-0.4, -0.2) is 22.5 Å². The first kappa shape index (κ1) is 9.49. The molecule has 2 atom stereocenters. The van der Waals surface area contributed by atoms with E-state index in [1.807, 2.05) is 6.92 Å². The van der Waals surface area contributed by atoms with E-state index in [0.29, 0.717) is 6.42 Å². The van der Waals surface area contributed by atoms with Crippen molar-refractivity contribution in [2.75, 3.05) is 0 Å². The average Bonchev–Trinajstić information content (AvgIpc) is 2.62. The maximum Gasteiger partial charge on any atom is 0.307 e. The minimum atomic E-state index is -0.836. The quantitative estimate of drug-likeness (QED) is 0.702. The number of carbonyl (C=O) groups excluding carboxylic acids is 1. The second-order valence-corrected chi connectivity index (χ2v) is 4.68. The molecule has 2 aliphatic carbocycles. The largest absolute Gasteiger partial charge is 0.481 e. The molecule has 1 amide bonds. The van der Waals surface area contributed by atoms with Gasteiger partial charge >= 0.3 is 5.97 Å². The summed E-state index contributed by atoms with van der Waals surface area (Å²) in [5.41, 5.74) is -0.0320. The van der Waals surface area contributed by atoms with E-state index in [9.17, 15) is 9.59 Å². The van der Waals surface area contributed by atoms with Crippen LogP contribution < -0.4 is 5.32 Å². The molecule has 2 fully saturated rings. The Kier molecular flexibility index (Phi) is 2.01. The molecular formula is C10H15NO3. The smallest absolute Gasteiger partial charge is 0.307 e. The maximum atomic E-state index is 11.6. The summed E-state index contributed by atoms with van der Waals surface area (Å²) < 4.78 is 0. The van der Waals surface area contributed by atoms with Gasteiger partial charge in [-0.1, -0.05) is 0 Å². The predicted molar refractivity (Wildman–Crippen MR) is 49.6 cm³/mol. The van der Waals surface area contributed by atoms with Gasteiger partial charge in [0.05, 0.1) is 11.8 Å². The lowest BCUT2D eigenvalue weighted by Crippen LogP contribution is -2.47. The monoisotopic (exact) mass is 197 g/mol. The summed E-state index contributed by atoms with van der Waals surface area (Å²) in [5, 5.41) is 11.7. The van der Waals surface area contributed by atoms with Gasteiger partial charge in [0, 0.05) is 5.54 Å². The fourth-order valence-corrected chi connectivity index (χ4v) is 1.81. The van der Waals surface area contributed by atoms with Crippen molar-refractivity contribution in [1.29, 1.82) is 0 Å². The second-order valence-electron chi connectivity index (χ2n) is 4.68. The lowest BCUT2D eigenvalue weighted by molar-refractivity contribution is -0.153. The van der Waals surface area contributed by atoms with Crippen LogP contribution in [0.25, 0.3) is 0 Å². The molecule has 0 bridgehead atoms. The number of carbonyl (C=O) groups is 2. The zero-order valence-corrected chi connectivity index (χ0v) is 8.25. The van der Waals surface area contributed by atoms with E-state index < -0.39 is 11.9 Å². The van der Waals surface area contributed by atoms with Crippen LogP contribution in [0, 0.1) is 11.8 Å². The molecule has 78 valence electrons. The van der Waals surface area contributed by atoms with Crippen LogP contribution in [0.5, 0.6) is 0 Å². The van der Waals surface area contributed by atoms with Gasteiger partial charge in [-0.3, -0.25) is 9.59 Å². The van der Waals surface area contributed by atoms with Crippen molar-refractivity contribution in [3.8, 4) is 0 Å². The van der Waals surface area contributed by atoms with E-state index in [2.05, 4.69) is 5.32 Å². The fraction of sp³-hybridized carbons (Fsp3) is 0.800. The van der Waals surface area contributed by atoms with Crippen LogP contribution in [0.3, 0.4) is 0 Å². The Morgan fingerprint density at radius 3 is 2.21 bits per heavy atom. The molecule has 0 aromatic rings. The van der Waals surface area contributed by atoms with Crippen LogP contribution in [0.1, 0.15) is 32.6 Å². The molecule has 0 aromatic carbocycles. The van der Waals surface area contributed by atoms with Gasteiger partial charge in [0.25, 0.3) is 0 Å². The molecule has 2 saturated carbocycles. The van der Waals surface area contributed by atoms with E-state index in [1.54, 1.807) is 0 Å². The van der Waals surface area contributed by atoms with Crippen LogP contribution >= 0.6 is 0 Å². The topological polar surface area (TPSA) is 66.4 Å². The van der Waals surface area contributed by atoms with Crippen LogP contribution in [0.15, 0.2) is 0 Å². The lowest BCUT2D eigenvalue weighted by atomic mass is 9.73. The Bertz CT molecular complexity index is 283. The van der Waals surface area contributed by atoms with Gasteiger partial charge in [-0.25, -0.2) is 0 Å². The first-order valence-corrected chi connectivity index (χ1v) is 5.07. The minimum Gasteiger partial charge on any atom is -0.481 e. The lowest BCUT2D eigenvalue weighted by Gasteiger charge is -2.32. The minimum absolute atomic E-state index is 0.0320. The van der Waals surface area contributed by atoms with E-state index in [-0.39, 0.29) is 17.4 Å². The SMILES string of the molecule is CC1(NC(=O)[C@@H]2CC[C@@H]2C(=O)O)CC1. The molecular weight excluding hydrogens is 182 g/mol. The third kappa shape index (κ3) is 1.61. The summed E-state index contributed by atoms with van der Waals surface area (Å²) >= 11 is 0. The van der Waals surface area contributed by atoms with Crippen molar-refractivity contribution in [3.05, 3.63) is 0 Å². The van der Waals surface area contributed by atoms with Crippen molar-refractivity contribution < 1.29 is 14.7 Å².